The van der Waals surface area contributed by atoms with E-state index in [0.717, 1.165) is 11.3 Å². The van der Waals surface area contributed by atoms with Gasteiger partial charge in [0.15, 0.2) is 11.4 Å². The molecule has 5 nitrogen and oxygen atoms in total. The Hall–Kier alpha value is -2.66. The molecule has 1 aromatic carbocycles. The zero-order valence-corrected chi connectivity index (χ0v) is 14.4. The number of pyridine rings is 2. The fourth-order valence-corrected chi connectivity index (χ4v) is 3.45. The van der Waals surface area contributed by atoms with Gasteiger partial charge in [0.25, 0.3) is 0 Å². The Morgan fingerprint density at radius 1 is 1.28 bits per heavy atom. The van der Waals surface area contributed by atoms with Gasteiger partial charge >= 0.3 is 0 Å². The predicted molar refractivity (Wildman–Crippen MR) is 98.9 cm³/mol. The van der Waals surface area contributed by atoms with Crippen LogP contribution in [-0.4, -0.2) is 15.3 Å². The average molecular weight is 354 g/mol. The lowest BCUT2D eigenvalue weighted by molar-refractivity contribution is 0.0981. The molecule has 126 valence electrons. The van der Waals surface area contributed by atoms with Gasteiger partial charge in [0.05, 0.1) is 11.1 Å². The molecule has 1 aliphatic heterocycles. The average Bonchev–Trinajstić information content (AvgIpc) is 2.61. The fraction of sp³-hybridized carbons (Fsp3) is 0.211. The molecular formula is C19H16ClN3O2. The summed E-state index contributed by atoms with van der Waals surface area (Å²) in [5.74, 6) is 0.351. The Morgan fingerprint density at radius 3 is 2.88 bits per heavy atom. The zero-order chi connectivity index (χ0) is 17.6. The summed E-state index contributed by atoms with van der Waals surface area (Å²) in [6.07, 6.45) is 1.02. The third-order valence-electron chi connectivity index (χ3n) is 4.42. The smallest absolute Gasteiger partial charge is 0.204 e. The third-order valence-corrected chi connectivity index (χ3v) is 4.63. The van der Waals surface area contributed by atoms with E-state index < -0.39 is 0 Å². The molecule has 0 aliphatic carbocycles. The maximum atomic E-state index is 13.0. The molecule has 2 aromatic heterocycles. The van der Waals surface area contributed by atoms with Crippen molar-refractivity contribution < 1.29 is 4.79 Å². The lowest BCUT2D eigenvalue weighted by Crippen LogP contribution is -2.27. The number of rotatable bonds is 3. The highest BCUT2D eigenvalue weighted by molar-refractivity contribution is 6.29. The van der Waals surface area contributed by atoms with Crippen LogP contribution in [0.15, 0.2) is 41.2 Å². The first-order valence-corrected chi connectivity index (χ1v) is 8.60. The minimum Gasteiger partial charge on any atom is -0.366 e. The van der Waals surface area contributed by atoms with Crippen LogP contribution in [0.1, 0.15) is 35.7 Å². The number of para-hydroxylation sites is 1. The van der Waals surface area contributed by atoms with Gasteiger partial charge in [-0.15, -0.1) is 0 Å². The van der Waals surface area contributed by atoms with Crippen molar-refractivity contribution in [2.24, 2.45) is 0 Å². The van der Waals surface area contributed by atoms with Crippen LogP contribution >= 0.6 is 11.6 Å². The number of hydrogen-bond donors (Lipinski definition) is 1. The third kappa shape index (κ3) is 2.43. The number of carbonyl (C=O) groups is 1. The Labute approximate surface area is 149 Å². The molecule has 0 fully saturated rings. The molecule has 1 N–H and O–H groups in total. The normalized spacial score (nSPS) is 12.4. The number of Topliss-reactive ketones (excluding diaryl/α,β-unsaturated/α-hetero) is 1. The number of hydrogen-bond acceptors (Lipinski definition) is 4. The lowest BCUT2D eigenvalue weighted by Gasteiger charge is -2.26. The second-order valence-electron chi connectivity index (χ2n) is 6.05. The molecule has 0 atom stereocenters. The number of nitrogens with one attached hydrogen (secondary N) is 1. The van der Waals surface area contributed by atoms with Crippen LogP contribution in [0.4, 0.5) is 5.82 Å². The van der Waals surface area contributed by atoms with Gasteiger partial charge in [-0.25, -0.2) is 4.98 Å². The summed E-state index contributed by atoms with van der Waals surface area (Å²) in [5.41, 5.74) is 2.33. The van der Waals surface area contributed by atoms with Crippen molar-refractivity contribution in [1.82, 2.24) is 9.55 Å². The Bertz CT molecular complexity index is 1070. The molecular weight excluding hydrogens is 338 g/mol. The van der Waals surface area contributed by atoms with Gasteiger partial charge in [0.2, 0.25) is 5.43 Å². The predicted octanol–water partition coefficient (Wildman–Crippen LogP) is 3.95. The van der Waals surface area contributed by atoms with Gasteiger partial charge < -0.3 is 5.32 Å². The quantitative estimate of drug-likeness (QED) is 0.572. The Kier molecular flexibility index (Phi) is 3.81. The molecule has 0 unspecified atom stereocenters. The highest BCUT2D eigenvalue weighted by atomic mass is 35.5. The first kappa shape index (κ1) is 15.8. The van der Waals surface area contributed by atoms with Crippen LogP contribution in [0.25, 0.3) is 16.7 Å². The van der Waals surface area contributed by atoms with E-state index in [0.29, 0.717) is 41.4 Å². The number of ketones is 1. The van der Waals surface area contributed by atoms with E-state index in [1.54, 1.807) is 12.1 Å². The monoisotopic (exact) mass is 353 g/mol. The summed E-state index contributed by atoms with van der Waals surface area (Å²) in [4.78, 5) is 30.0. The topological polar surface area (TPSA) is 64.0 Å². The van der Waals surface area contributed by atoms with Crippen molar-refractivity contribution in [2.45, 2.75) is 26.3 Å². The van der Waals surface area contributed by atoms with Crippen molar-refractivity contribution in [2.75, 3.05) is 5.32 Å². The van der Waals surface area contributed by atoms with Gasteiger partial charge in [-0.05, 0) is 30.2 Å². The molecule has 3 heterocycles. The van der Waals surface area contributed by atoms with E-state index in [2.05, 4.69) is 10.3 Å². The minimum atomic E-state index is -0.296. The van der Waals surface area contributed by atoms with Crippen LogP contribution in [0.2, 0.25) is 5.15 Å². The number of fused-ring (bicyclic) bond motifs is 5. The SMILES string of the molecule is CCCC(=O)c1c2n(c3nc(Cl)ccc3c1=O)-c1ccccc1CN2. The second kappa shape index (κ2) is 6.01. The summed E-state index contributed by atoms with van der Waals surface area (Å²) in [7, 11) is 0. The van der Waals surface area contributed by atoms with E-state index in [4.69, 9.17) is 11.6 Å². The molecule has 0 bridgehead atoms. The molecule has 3 aromatic rings. The maximum Gasteiger partial charge on any atom is 0.204 e. The molecule has 0 radical (unpaired) electrons. The number of halogens is 1. The van der Waals surface area contributed by atoms with Crippen LogP contribution in [0, 0.1) is 0 Å². The summed E-state index contributed by atoms with van der Waals surface area (Å²) >= 11 is 6.08. The zero-order valence-electron chi connectivity index (χ0n) is 13.7. The molecule has 25 heavy (non-hydrogen) atoms. The number of anilines is 1. The first-order chi connectivity index (χ1) is 12.1. The van der Waals surface area contributed by atoms with Gasteiger partial charge in [0.1, 0.15) is 16.5 Å². The van der Waals surface area contributed by atoms with Crippen LogP contribution in [-0.2, 0) is 6.54 Å². The van der Waals surface area contributed by atoms with Crippen molar-refractivity contribution in [3.8, 4) is 5.69 Å². The van der Waals surface area contributed by atoms with Crippen LogP contribution < -0.4 is 10.7 Å². The lowest BCUT2D eigenvalue weighted by atomic mass is 10.0. The molecule has 0 saturated carbocycles. The van der Waals surface area contributed by atoms with Crippen molar-refractivity contribution in [1.29, 1.82) is 0 Å². The highest BCUT2D eigenvalue weighted by Crippen LogP contribution is 2.32. The molecule has 4 rings (SSSR count). The van der Waals surface area contributed by atoms with E-state index in [9.17, 15) is 9.59 Å². The number of carbonyl (C=O) groups excluding carboxylic acids is 1. The first-order valence-electron chi connectivity index (χ1n) is 8.22. The molecule has 6 heteroatoms. The second-order valence-corrected chi connectivity index (χ2v) is 6.44. The van der Waals surface area contributed by atoms with Crippen molar-refractivity contribution >= 4 is 34.2 Å². The van der Waals surface area contributed by atoms with E-state index >= 15 is 0 Å². The number of benzene rings is 1. The molecule has 0 saturated heterocycles. The van der Waals surface area contributed by atoms with Crippen molar-refractivity contribution in [3.63, 3.8) is 0 Å². The van der Waals surface area contributed by atoms with E-state index in [1.165, 1.54) is 0 Å². The van der Waals surface area contributed by atoms with Gasteiger partial charge in [-0.3, -0.25) is 14.2 Å². The van der Waals surface area contributed by atoms with Gasteiger partial charge in [0, 0.05) is 13.0 Å². The van der Waals surface area contributed by atoms with Gasteiger partial charge in [-0.2, -0.15) is 0 Å². The fourth-order valence-electron chi connectivity index (χ4n) is 3.30. The summed E-state index contributed by atoms with van der Waals surface area (Å²) in [6.45, 7) is 2.47. The highest BCUT2D eigenvalue weighted by Gasteiger charge is 2.26. The molecule has 0 spiro atoms. The summed E-state index contributed by atoms with van der Waals surface area (Å²) in [5, 5.41) is 3.94. The van der Waals surface area contributed by atoms with Gasteiger partial charge in [-0.1, -0.05) is 36.7 Å². The maximum absolute atomic E-state index is 13.0. The molecule has 0 amide bonds. The van der Waals surface area contributed by atoms with Crippen LogP contribution in [0.3, 0.4) is 0 Å². The summed E-state index contributed by atoms with van der Waals surface area (Å²) in [6, 6.07) is 11.1. The Balaban J connectivity index is 2.17. The van der Waals surface area contributed by atoms with Crippen LogP contribution in [0.5, 0.6) is 0 Å². The Morgan fingerprint density at radius 2 is 2.08 bits per heavy atom. The number of nitrogens with zero attached hydrogens (tertiary/aromatic N) is 2. The minimum absolute atomic E-state index is 0.153. The summed E-state index contributed by atoms with van der Waals surface area (Å²) < 4.78 is 1.84. The standard InChI is InChI=1S/C19H16ClN3O2/c1-2-5-14(24)16-17(25)12-8-9-15(20)22-18(12)23-13-7-4-3-6-11(13)10-21-19(16)23/h3-4,6-9,21H,2,5,10H2,1H3. The van der Waals surface area contributed by atoms with E-state index in [1.807, 2.05) is 35.8 Å². The number of aromatic nitrogens is 2. The largest absolute Gasteiger partial charge is 0.366 e. The van der Waals surface area contributed by atoms with E-state index in [-0.39, 0.29) is 16.8 Å². The van der Waals surface area contributed by atoms with Crippen molar-refractivity contribution in [3.05, 3.63) is 62.9 Å². The molecule has 1 aliphatic rings.